The van der Waals surface area contributed by atoms with Crippen LogP contribution in [0.5, 0.6) is 0 Å². The van der Waals surface area contributed by atoms with Gasteiger partial charge in [0.05, 0.1) is 56.1 Å². The molecule has 6 nitrogen and oxygen atoms in total. The number of hydrogen-bond acceptors (Lipinski definition) is 9. The van der Waals surface area contributed by atoms with Gasteiger partial charge in [0.15, 0.2) is 5.82 Å². The lowest BCUT2D eigenvalue weighted by atomic mass is 9.55. The molecule has 0 N–H and O–H groups in total. The zero-order valence-corrected chi connectivity index (χ0v) is 86.6. The number of aromatic nitrogens is 6. The summed E-state index contributed by atoms with van der Waals surface area (Å²) in [5.74, 6) is 0.738. The Kier molecular flexibility index (Phi) is 20.6. The maximum Gasteiger partial charge on any atom is 0.160 e. The molecule has 0 bridgehead atoms. The summed E-state index contributed by atoms with van der Waals surface area (Å²) in [4.78, 5) is 31.2. The summed E-state index contributed by atoms with van der Waals surface area (Å²) in [6, 6.07) is 149. The molecule has 704 valence electrons. The Hall–Kier alpha value is -16.1. The van der Waals surface area contributed by atoms with Crippen LogP contribution in [0.3, 0.4) is 0 Å². The fourth-order valence-corrected chi connectivity index (χ4v) is 27.9. The van der Waals surface area contributed by atoms with Gasteiger partial charge in [0.2, 0.25) is 0 Å². The van der Waals surface area contributed by atoms with Crippen molar-refractivity contribution >= 4 is 160 Å². The van der Waals surface area contributed by atoms with Crippen LogP contribution in [0, 0.1) is 0 Å². The van der Waals surface area contributed by atoms with Gasteiger partial charge in [0.1, 0.15) is 0 Å². The van der Waals surface area contributed by atoms with Crippen LogP contribution in [0.1, 0.15) is 116 Å². The molecule has 26 aromatic rings. The number of benzene rings is 20. The van der Waals surface area contributed by atoms with Gasteiger partial charge < -0.3 is 0 Å². The first-order chi connectivity index (χ1) is 71.4. The van der Waals surface area contributed by atoms with E-state index in [4.69, 9.17) is 29.9 Å². The monoisotopic (exact) mass is 1940 g/mol. The first kappa shape index (κ1) is 89.7. The molecule has 3 aliphatic carbocycles. The van der Waals surface area contributed by atoms with E-state index in [0.717, 1.165) is 112 Å². The normalized spacial score (nSPS) is 14.7. The van der Waals surface area contributed by atoms with Crippen LogP contribution >= 0.6 is 34.0 Å². The van der Waals surface area contributed by atoms with E-state index in [-0.39, 0.29) is 32.5 Å². The highest BCUT2D eigenvalue weighted by Crippen LogP contribution is 2.63. The molecule has 0 radical (unpaired) electrons. The molecule has 0 aliphatic heterocycles. The molecule has 6 heterocycles. The van der Waals surface area contributed by atoms with Crippen LogP contribution in [0.25, 0.3) is 249 Å². The van der Waals surface area contributed by atoms with Gasteiger partial charge in [0, 0.05) is 110 Å². The van der Waals surface area contributed by atoms with Gasteiger partial charge in [-0.2, -0.15) is 0 Å². The standard InChI is InChI=1S/2C48H36N2S.C42H32N2S/c1-47(2)37-24-23-36-42-34-18-12-11-13-29(34)21-26-41(42)51-46(36)43(37)35-22-19-32(27-38(35)48(47,3)4)33-20-25-39-40(28-33)50-45(31-16-9-6-10-17-31)44(49-39)30-14-7-5-8-15-30;1-47(2)38-22-20-33(34-19-21-35-40(27-34)49-46(30-15-9-6-10-16-30)50-45(35)29-13-7-5-8-14-29)25-36(38)43-39(48(47,3)4)23-24-41-44(43)37-26-31-17-11-12-18-32(31)28-42(37)51-41;1-41(2)31-22-21-30-36-28-15-9-8-12-25(28)19-23-35(36)45-40(30)37(31)29-20-18-27(24-32(29)42(41,3)4)39-38(26-13-6-5-7-14-26)43-33-16-10-11-17-34(33)44-39/h2*5-28H,1-4H3;5-24H,1-4H3. The summed E-state index contributed by atoms with van der Waals surface area (Å²) in [6.45, 7) is 29.0. The van der Waals surface area contributed by atoms with E-state index in [1.54, 1.807) is 0 Å². The molecule has 0 atom stereocenters. The van der Waals surface area contributed by atoms with Crippen molar-refractivity contribution in [1.82, 2.24) is 29.9 Å². The molecule has 0 saturated heterocycles. The summed E-state index contributed by atoms with van der Waals surface area (Å²) in [5.41, 5.74) is 36.3. The summed E-state index contributed by atoms with van der Waals surface area (Å²) in [5, 5.41) is 17.1. The fourth-order valence-electron chi connectivity index (χ4n) is 24.2. The molecule has 0 unspecified atom stereocenters. The number of nitrogens with zero attached hydrogens (tertiary/aromatic N) is 6. The van der Waals surface area contributed by atoms with Gasteiger partial charge in [-0.25, -0.2) is 29.9 Å². The third-order valence-electron chi connectivity index (χ3n) is 34.3. The van der Waals surface area contributed by atoms with Crippen LogP contribution in [-0.4, -0.2) is 29.9 Å². The Morgan fingerprint density at radius 2 is 0.524 bits per heavy atom. The van der Waals surface area contributed by atoms with Gasteiger partial charge in [-0.3, -0.25) is 0 Å². The number of fused-ring (bicyclic) bond motifs is 29. The predicted octanol–water partition coefficient (Wildman–Crippen LogP) is 38.5. The average molecular weight is 1940 g/mol. The smallest absolute Gasteiger partial charge is 0.160 e. The topological polar surface area (TPSA) is 77.3 Å². The van der Waals surface area contributed by atoms with Crippen LogP contribution in [0.15, 0.2) is 413 Å². The van der Waals surface area contributed by atoms with Gasteiger partial charge >= 0.3 is 0 Å². The first-order valence-corrected chi connectivity index (χ1v) is 53.6. The largest absolute Gasteiger partial charge is 0.244 e. The number of hydrogen-bond donors (Lipinski definition) is 0. The number of para-hydroxylation sites is 2. The lowest BCUT2D eigenvalue weighted by Gasteiger charge is -2.48. The van der Waals surface area contributed by atoms with Crippen molar-refractivity contribution in [3.63, 3.8) is 0 Å². The highest BCUT2D eigenvalue weighted by atomic mass is 32.1. The Balaban J connectivity index is 0.000000109. The van der Waals surface area contributed by atoms with Crippen molar-refractivity contribution in [1.29, 1.82) is 0 Å². The minimum absolute atomic E-state index is 0.0717. The minimum Gasteiger partial charge on any atom is -0.244 e. The number of thiophene rings is 3. The maximum absolute atomic E-state index is 5.29. The van der Waals surface area contributed by atoms with E-state index in [2.05, 4.69) is 447 Å². The molecule has 20 aromatic carbocycles. The van der Waals surface area contributed by atoms with Crippen molar-refractivity contribution in [3.8, 4) is 123 Å². The highest BCUT2D eigenvalue weighted by molar-refractivity contribution is 7.27. The Morgan fingerprint density at radius 1 is 0.170 bits per heavy atom. The van der Waals surface area contributed by atoms with Crippen molar-refractivity contribution in [3.05, 3.63) is 446 Å². The van der Waals surface area contributed by atoms with Crippen LogP contribution in [-0.2, 0) is 32.5 Å². The zero-order chi connectivity index (χ0) is 99.5. The predicted molar refractivity (Wildman–Crippen MR) is 628 cm³/mol. The van der Waals surface area contributed by atoms with Crippen molar-refractivity contribution in [2.45, 2.75) is 116 Å². The molecule has 0 amide bonds. The zero-order valence-electron chi connectivity index (χ0n) is 84.2. The lowest BCUT2D eigenvalue weighted by Crippen LogP contribution is -2.43. The maximum atomic E-state index is 5.29. The molecule has 29 rings (SSSR count). The first-order valence-electron chi connectivity index (χ1n) is 51.2. The average Bonchev–Trinajstić information content (AvgIpc) is 1.65. The van der Waals surface area contributed by atoms with E-state index in [1.165, 1.54) is 171 Å². The van der Waals surface area contributed by atoms with Crippen LogP contribution in [0.4, 0.5) is 0 Å². The van der Waals surface area contributed by atoms with Gasteiger partial charge in [0.25, 0.3) is 0 Å². The van der Waals surface area contributed by atoms with E-state index in [9.17, 15) is 0 Å². The molecule has 0 saturated carbocycles. The molecule has 0 fully saturated rings. The van der Waals surface area contributed by atoms with Gasteiger partial charge in [-0.15, -0.1) is 34.0 Å². The van der Waals surface area contributed by atoms with Gasteiger partial charge in [-0.1, -0.05) is 411 Å². The Bertz CT molecular complexity index is 9980. The molecule has 147 heavy (non-hydrogen) atoms. The fraction of sp³-hybridized carbons (Fsp3) is 0.130. The van der Waals surface area contributed by atoms with Crippen molar-refractivity contribution < 1.29 is 0 Å². The third-order valence-corrected chi connectivity index (χ3v) is 37.7. The second kappa shape index (κ2) is 33.7. The Morgan fingerprint density at radius 3 is 1.05 bits per heavy atom. The summed E-state index contributed by atoms with van der Waals surface area (Å²) in [6.07, 6.45) is 0. The van der Waals surface area contributed by atoms with E-state index in [1.807, 2.05) is 82.5 Å². The molecule has 3 aliphatic rings. The molecule has 9 heteroatoms. The number of rotatable bonds is 8. The quantitative estimate of drug-likeness (QED) is 0.151. The summed E-state index contributed by atoms with van der Waals surface area (Å²) >= 11 is 5.79. The summed E-state index contributed by atoms with van der Waals surface area (Å²) < 4.78 is 8.15. The van der Waals surface area contributed by atoms with E-state index in [0.29, 0.717) is 0 Å². The van der Waals surface area contributed by atoms with E-state index < -0.39 is 0 Å². The third kappa shape index (κ3) is 14.0. The molecular formula is C138H104N6S3. The van der Waals surface area contributed by atoms with E-state index >= 15 is 0 Å². The second-order valence-corrected chi connectivity index (χ2v) is 46.6. The van der Waals surface area contributed by atoms with Gasteiger partial charge in [-0.05, 0) is 228 Å². The Labute approximate surface area is 867 Å². The highest BCUT2D eigenvalue weighted by Gasteiger charge is 2.50. The van der Waals surface area contributed by atoms with Crippen LogP contribution in [0.2, 0.25) is 0 Å². The minimum atomic E-state index is -0.125. The van der Waals surface area contributed by atoms with Crippen molar-refractivity contribution in [2.24, 2.45) is 0 Å². The van der Waals surface area contributed by atoms with Crippen molar-refractivity contribution in [2.75, 3.05) is 0 Å². The molecule has 6 aromatic heterocycles. The summed E-state index contributed by atoms with van der Waals surface area (Å²) in [7, 11) is 0. The SMILES string of the molecule is CC1(C)c2cc(-c3ccc4nc(-c5ccccc5)c(-c5ccccc5)nc4c3)ccc2-c2c(ccc3c2sc2ccc4ccccc4c23)C1(C)C.CC1(C)c2cc(-c3nc4ccccc4nc3-c3ccccc3)ccc2-c2c(ccc3c2sc2ccc4ccccc4c23)C1(C)C.CC1(C)c2ccc(-c3ccc4c(-c5ccccc5)nc(-c5ccccc5)nc4c3)cc2-c2c(ccc3sc4cc5ccccc5cc4c23)C1(C)C. The molecule has 0 spiro atoms. The second-order valence-electron chi connectivity index (χ2n) is 43.4. The van der Waals surface area contributed by atoms with Crippen LogP contribution < -0.4 is 0 Å². The molecular weight excluding hydrogens is 1840 g/mol. The lowest BCUT2D eigenvalue weighted by molar-refractivity contribution is 0.299.